The third-order valence-electron chi connectivity index (χ3n) is 2.70. The molecule has 1 aromatic carbocycles. The number of thiophene rings is 1. The third kappa shape index (κ3) is 4.21. The topological polar surface area (TPSA) is 21.3 Å². The maximum absolute atomic E-state index is 5.85. The maximum atomic E-state index is 5.85. The van der Waals surface area contributed by atoms with E-state index in [1.165, 1.54) is 5.56 Å². The molecule has 1 heterocycles. The molecule has 0 amide bonds. The number of likely N-dealkylation sites (N-methyl/N-ethyl adjacent to an activating group) is 1. The van der Waals surface area contributed by atoms with Gasteiger partial charge in [-0.25, -0.2) is 0 Å². The molecule has 1 aromatic heterocycles. The lowest BCUT2D eigenvalue weighted by Crippen LogP contribution is -2.26. The van der Waals surface area contributed by atoms with Crippen molar-refractivity contribution < 1.29 is 4.74 Å². The van der Waals surface area contributed by atoms with Crippen molar-refractivity contribution in [3.8, 4) is 5.75 Å². The summed E-state index contributed by atoms with van der Waals surface area (Å²) in [6.07, 6.45) is 0. The second kappa shape index (κ2) is 7.29. The van der Waals surface area contributed by atoms with E-state index in [0.29, 0.717) is 6.61 Å². The van der Waals surface area contributed by atoms with Gasteiger partial charge in [-0.05, 0) is 57.7 Å². The van der Waals surface area contributed by atoms with Gasteiger partial charge in [0, 0.05) is 14.9 Å². The SMILES string of the molecule is CCNC(COc1ccc(Cl)cc1)c1cscc1Br. The Kier molecular flexibility index (Phi) is 5.70. The van der Waals surface area contributed by atoms with Gasteiger partial charge in [-0.3, -0.25) is 0 Å². The molecule has 1 unspecified atom stereocenters. The molecule has 0 spiro atoms. The Morgan fingerprint density at radius 3 is 2.63 bits per heavy atom. The van der Waals surface area contributed by atoms with Crippen LogP contribution in [-0.4, -0.2) is 13.2 Å². The summed E-state index contributed by atoms with van der Waals surface area (Å²) in [5.74, 6) is 0.832. The van der Waals surface area contributed by atoms with Crippen molar-refractivity contribution in [2.45, 2.75) is 13.0 Å². The summed E-state index contributed by atoms with van der Waals surface area (Å²) in [6.45, 7) is 3.58. The first kappa shape index (κ1) is 14.9. The minimum atomic E-state index is 0.182. The minimum absolute atomic E-state index is 0.182. The molecule has 0 fully saturated rings. The van der Waals surface area contributed by atoms with E-state index in [4.69, 9.17) is 16.3 Å². The largest absolute Gasteiger partial charge is 0.492 e. The lowest BCUT2D eigenvalue weighted by atomic mass is 10.1. The van der Waals surface area contributed by atoms with E-state index < -0.39 is 0 Å². The Hall–Kier alpha value is -0.550. The Labute approximate surface area is 130 Å². The zero-order valence-electron chi connectivity index (χ0n) is 10.5. The van der Waals surface area contributed by atoms with Crippen molar-refractivity contribution in [2.24, 2.45) is 0 Å². The lowest BCUT2D eigenvalue weighted by Gasteiger charge is -2.18. The number of benzene rings is 1. The zero-order valence-corrected chi connectivity index (χ0v) is 13.7. The highest BCUT2D eigenvalue weighted by Crippen LogP contribution is 2.28. The monoisotopic (exact) mass is 359 g/mol. The fourth-order valence-electron chi connectivity index (χ4n) is 1.76. The van der Waals surface area contributed by atoms with Crippen molar-refractivity contribution in [3.63, 3.8) is 0 Å². The van der Waals surface area contributed by atoms with Gasteiger partial charge in [0.2, 0.25) is 0 Å². The summed E-state index contributed by atoms with van der Waals surface area (Å²) in [7, 11) is 0. The summed E-state index contributed by atoms with van der Waals surface area (Å²) in [5.41, 5.74) is 1.24. The van der Waals surface area contributed by atoms with Gasteiger partial charge in [0.25, 0.3) is 0 Å². The van der Waals surface area contributed by atoms with Crippen LogP contribution in [-0.2, 0) is 0 Å². The highest BCUT2D eigenvalue weighted by molar-refractivity contribution is 9.10. The molecule has 0 aliphatic carbocycles. The van der Waals surface area contributed by atoms with E-state index in [-0.39, 0.29) is 6.04 Å². The summed E-state index contributed by atoms with van der Waals surface area (Å²) >= 11 is 11.1. The number of nitrogens with one attached hydrogen (secondary N) is 1. The van der Waals surface area contributed by atoms with E-state index in [1.54, 1.807) is 11.3 Å². The van der Waals surface area contributed by atoms with Crippen LogP contribution in [0.3, 0.4) is 0 Å². The smallest absolute Gasteiger partial charge is 0.119 e. The molecule has 0 saturated carbocycles. The summed E-state index contributed by atoms with van der Waals surface area (Å²) < 4.78 is 6.95. The molecule has 1 atom stereocenters. The van der Waals surface area contributed by atoms with Crippen molar-refractivity contribution in [2.75, 3.05) is 13.2 Å². The van der Waals surface area contributed by atoms with Crippen LogP contribution in [0, 0.1) is 0 Å². The fraction of sp³-hybridized carbons (Fsp3) is 0.286. The molecule has 102 valence electrons. The number of ether oxygens (including phenoxy) is 1. The quantitative estimate of drug-likeness (QED) is 0.791. The second-order valence-electron chi connectivity index (χ2n) is 4.05. The van der Waals surface area contributed by atoms with Crippen LogP contribution >= 0.6 is 38.9 Å². The van der Waals surface area contributed by atoms with Crippen LogP contribution in [0.2, 0.25) is 5.02 Å². The molecule has 2 rings (SSSR count). The van der Waals surface area contributed by atoms with Crippen LogP contribution in [0.1, 0.15) is 18.5 Å². The number of hydrogen-bond donors (Lipinski definition) is 1. The Morgan fingerprint density at radius 2 is 2.05 bits per heavy atom. The average molecular weight is 361 g/mol. The molecule has 19 heavy (non-hydrogen) atoms. The van der Waals surface area contributed by atoms with Gasteiger partial charge in [0.05, 0.1) is 6.04 Å². The first-order valence-electron chi connectivity index (χ1n) is 6.04. The number of rotatable bonds is 6. The molecule has 2 aromatic rings. The summed E-state index contributed by atoms with van der Waals surface area (Å²) in [4.78, 5) is 0. The standard InChI is InChI=1S/C14H15BrClNOS/c1-2-17-14(12-8-19-9-13(12)15)7-18-11-5-3-10(16)4-6-11/h3-6,8-9,14,17H,2,7H2,1H3. The maximum Gasteiger partial charge on any atom is 0.119 e. The van der Waals surface area contributed by atoms with Crippen molar-refractivity contribution in [1.82, 2.24) is 5.32 Å². The molecule has 0 aliphatic rings. The molecular formula is C14H15BrClNOS. The van der Waals surface area contributed by atoms with E-state index in [9.17, 15) is 0 Å². The Bertz CT molecular complexity index is 514. The normalized spacial score (nSPS) is 12.4. The van der Waals surface area contributed by atoms with Gasteiger partial charge in [0.15, 0.2) is 0 Å². The molecule has 2 nitrogen and oxygen atoms in total. The fourth-order valence-corrected chi connectivity index (χ4v) is 3.51. The minimum Gasteiger partial charge on any atom is -0.492 e. The predicted molar refractivity (Wildman–Crippen MR) is 85.4 cm³/mol. The Balaban J connectivity index is 2.01. The summed E-state index contributed by atoms with van der Waals surface area (Å²) in [5, 5.41) is 8.38. The van der Waals surface area contributed by atoms with Crippen LogP contribution in [0.4, 0.5) is 0 Å². The van der Waals surface area contributed by atoms with Gasteiger partial charge in [-0.2, -0.15) is 11.3 Å². The lowest BCUT2D eigenvalue weighted by molar-refractivity contribution is 0.268. The van der Waals surface area contributed by atoms with E-state index in [2.05, 4.69) is 38.9 Å². The van der Waals surface area contributed by atoms with Gasteiger partial charge in [0.1, 0.15) is 12.4 Å². The van der Waals surface area contributed by atoms with Gasteiger partial charge in [-0.1, -0.05) is 18.5 Å². The van der Waals surface area contributed by atoms with Crippen molar-refractivity contribution in [1.29, 1.82) is 0 Å². The van der Waals surface area contributed by atoms with Crippen LogP contribution in [0.15, 0.2) is 39.5 Å². The molecule has 0 radical (unpaired) electrons. The molecule has 0 aliphatic heterocycles. The van der Waals surface area contributed by atoms with Crippen LogP contribution in [0.5, 0.6) is 5.75 Å². The van der Waals surface area contributed by atoms with E-state index in [0.717, 1.165) is 21.8 Å². The number of hydrogen-bond acceptors (Lipinski definition) is 3. The first-order valence-corrected chi connectivity index (χ1v) is 8.15. The van der Waals surface area contributed by atoms with Gasteiger partial charge < -0.3 is 10.1 Å². The van der Waals surface area contributed by atoms with E-state index in [1.807, 2.05) is 24.3 Å². The predicted octanol–water partition coefficient (Wildman–Crippen LogP) is 4.89. The van der Waals surface area contributed by atoms with Gasteiger partial charge >= 0.3 is 0 Å². The third-order valence-corrected chi connectivity index (χ3v) is 4.70. The highest BCUT2D eigenvalue weighted by atomic mass is 79.9. The highest BCUT2D eigenvalue weighted by Gasteiger charge is 2.15. The molecule has 0 bridgehead atoms. The molecular weight excluding hydrogens is 346 g/mol. The Morgan fingerprint density at radius 1 is 1.32 bits per heavy atom. The van der Waals surface area contributed by atoms with Crippen LogP contribution in [0.25, 0.3) is 0 Å². The van der Waals surface area contributed by atoms with Crippen molar-refractivity contribution in [3.05, 3.63) is 50.1 Å². The van der Waals surface area contributed by atoms with Crippen molar-refractivity contribution >= 4 is 38.9 Å². The number of halogens is 2. The van der Waals surface area contributed by atoms with Crippen LogP contribution < -0.4 is 10.1 Å². The molecule has 1 N–H and O–H groups in total. The second-order valence-corrected chi connectivity index (χ2v) is 6.08. The first-order chi connectivity index (χ1) is 9.20. The molecule has 0 saturated heterocycles. The average Bonchev–Trinajstić information content (AvgIpc) is 2.83. The van der Waals surface area contributed by atoms with E-state index >= 15 is 0 Å². The van der Waals surface area contributed by atoms with Gasteiger partial charge in [-0.15, -0.1) is 0 Å². The molecule has 5 heteroatoms. The summed E-state index contributed by atoms with van der Waals surface area (Å²) in [6, 6.07) is 7.61. The zero-order chi connectivity index (χ0) is 13.7.